The lowest BCUT2D eigenvalue weighted by atomic mass is 10.0. The first kappa shape index (κ1) is 20.9. The van der Waals surface area contributed by atoms with Gasteiger partial charge in [-0.25, -0.2) is 0 Å². The Balaban J connectivity index is 1.21. The fourth-order valence-corrected chi connectivity index (χ4v) is 4.30. The van der Waals surface area contributed by atoms with Gasteiger partial charge in [0.1, 0.15) is 5.75 Å². The number of methoxy groups -OCH3 is 1. The van der Waals surface area contributed by atoms with E-state index in [1.807, 2.05) is 53.4 Å². The van der Waals surface area contributed by atoms with E-state index in [1.54, 1.807) is 7.11 Å². The number of fused-ring (bicyclic) bond motifs is 1. The Morgan fingerprint density at radius 3 is 2.33 bits per heavy atom. The molecule has 1 aromatic heterocycles. The molecule has 33 heavy (non-hydrogen) atoms. The third kappa shape index (κ3) is 4.51. The van der Waals surface area contributed by atoms with E-state index in [0.29, 0.717) is 19.5 Å². The van der Waals surface area contributed by atoms with E-state index < -0.39 is 0 Å². The maximum absolute atomic E-state index is 12.7. The fourth-order valence-electron chi connectivity index (χ4n) is 4.30. The number of hydrogen-bond acceptors (Lipinski definition) is 5. The Hall–Kier alpha value is -3.93. The number of ether oxygens (including phenoxy) is 1. The van der Waals surface area contributed by atoms with Gasteiger partial charge in [-0.3, -0.25) is 4.79 Å². The second-order valence-corrected chi connectivity index (χ2v) is 8.20. The predicted molar refractivity (Wildman–Crippen MR) is 130 cm³/mol. The van der Waals surface area contributed by atoms with Crippen LogP contribution in [0.15, 0.2) is 78.9 Å². The first-order valence-corrected chi connectivity index (χ1v) is 11.2. The third-order valence-corrected chi connectivity index (χ3v) is 6.19. The van der Waals surface area contributed by atoms with E-state index in [9.17, 15) is 4.79 Å². The number of carbonyl (C=O) groups is 1. The van der Waals surface area contributed by atoms with Gasteiger partial charge in [-0.1, -0.05) is 54.6 Å². The molecular formula is C27H26N4O2. The zero-order valence-electron chi connectivity index (χ0n) is 18.6. The smallest absolute Gasteiger partial charge is 0.227 e. The molecule has 0 unspecified atom stereocenters. The summed E-state index contributed by atoms with van der Waals surface area (Å²) in [6, 6.07) is 26.3. The quantitative estimate of drug-likeness (QED) is 0.468. The molecule has 1 saturated heterocycles. The van der Waals surface area contributed by atoms with Crippen molar-refractivity contribution in [2.24, 2.45) is 0 Å². The molecule has 0 atom stereocenters. The van der Waals surface area contributed by atoms with E-state index in [1.165, 1.54) is 10.8 Å². The topological polar surface area (TPSA) is 58.6 Å². The molecule has 0 N–H and O–H groups in total. The molecule has 1 aliphatic rings. The molecule has 1 amide bonds. The number of hydrogen-bond donors (Lipinski definition) is 0. The Kier molecular flexibility index (Phi) is 5.89. The molecule has 1 fully saturated rings. The molecule has 3 aromatic carbocycles. The maximum Gasteiger partial charge on any atom is 0.227 e. The van der Waals surface area contributed by atoms with Crippen LogP contribution in [0.1, 0.15) is 5.56 Å². The highest BCUT2D eigenvalue weighted by molar-refractivity contribution is 5.95. The van der Waals surface area contributed by atoms with Crippen molar-refractivity contribution in [3.63, 3.8) is 0 Å². The molecule has 166 valence electrons. The molecule has 1 aliphatic heterocycles. The molecule has 6 nitrogen and oxygen atoms in total. The summed E-state index contributed by atoms with van der Waals surface area (Å²) in [4.78, 5) is 16.8. The number of rotatable bonds is 5. The van der Waals surface area contributed by atoms with Gasteiger partial charge in [0.05, 0.1) is 19.2 Å². The van der Waals surface area contributed by atoms with Gasteiger partial charge < -0.3 is 14.5 Å². The Morgan fingerprint density at radius 2 is 1.61 bits per heavy atom. The summed E-state index contributed by atoms with van der Waals surface area (Å²) in [5.74, 6) is 1.80. The Labute approximate surface area is 193 Å². The molecule has 0 radical (unpaired) electrons. The molecule has 0 bridgehead atoms. The minimum absolute atomic E-state index is 0.150. The van der Waals surface area contributed by atoms with E-state index in [0.717, 1.165) is 41.5 Å². The number of amides is 1. The van der Waals surface area contributed by atoms with Gasteiger partial charge >= 0.3 is 0 Å². The van der Waals surface area contributed by atoms with Crippen molar-refractivity contribution in [2.75, 3.05) is 38.2 Å². The van der Waals surface area contributed by atoms with Crippen molar-refractivity contribution in [1.82, 2.24) is 15.1 Å². The lowest BCUT2D eigenvalue weighted by Gasteiger charge is -2.35. The van der Waals surface area contributed by atoms with Gasteiger partial charge in [0, 0.05) is 31.7 Å². The standard InChI is InChI=1S/C27H26N4O2/c1-33-22-11-9-20(10-12-22)19-27(32)31-17-15-30(16-18-31)26-14-13-25(28-29-26)24-8-4-6-21-5-2-3-7-23(21)24/h2-14H,15-19H2,1H3. The van der Waals surface area contributed by atoms with Crippen LogP contribution in [0.4, 0.5) is 5.82 Å². The average Bonchev–Trinajstić information content (AvgIpc) is 2.89. The maximum atomic E-state index is 12.7. The fraction of sp³-hybridized carbons (Fsp3) is 0.222. The van der Waals surface area contributed by atoms with E-state index >= 15 is 0 Å². The van der Waals surface area contributed by atoms with Crippen molar-refractivity contribution in [3.05, 3.63) is 84.4 Å². The molecule has 6 heteroatoms. The first-order chi connectivity index (χ1) is 16.2. The van der Waals surface area contributed by atoms with Crippen LogP contribution in [0.5, 0.6) is 5.75 Å². The number of aromatic nitrogens is 2. The van der Waals surface area contributed by atoms with Crippen molar-refractivity contribution in [3.8, 4) is 17.0 Å². The number of carbonyl (C=O) groups excluding carboxylic acids is 1. The highest BCUT2D eigenvalue weighted by Crippen LogP contribution is 2.27. The Bertz CT molecular complexity index is 1240. The SMILES string of the molecule is COc1ccc(CC(=O)N2CCN(c3ccc(-c4cccc5ccccc45)nn3)CC2)cc1. The van der Waals surface area contributed by atoms with Crippen molar-refractivity contribution in [1.29, 1.82) is 0 Å². The Morgan fingerprint density at radius 1 is 0.848 bits per heavy atom. The number of piperazine rings is 1. The first-order valence-electron chi connectivity index (χ1n) is 11.2. The molecule has 0 spiro atoms. The highest BCUT2D eigenvalue weighted by atomic mass is 16.5. The van der Waals surface area contributed by atoms with Crippen molar-refractivity contribution < 1.29 is 9.53 Å². The van der Waals surface area contributed by atoms with Gasteiger partial charge in [0.25, 0.3) is 0 Å². The molecular weight excluding hydrogens is 412 g/mol. The van der Waals surface area contributed by atoms with Crippen LogP contribution in [-0.4, -0.2) is 54.3 Å². The van der Waals surface area contributed by atoms with Gasteiger partial charge in [0.15, 0.2) is 5.82 Å². The zero-order chi connectivity index (χ0) is 22.6. The number of anilines is 1. The largest absolute Gasteiger partial charge is 0.497 e. The second kappa shape index (κ2) is 9.28. The normalized spacial score (nSPS) is 13.8. The summed E-state index contributed by atoms with van der Waals surface area (Å²) < 4.78 is 5.18. The molecule has 0 aliphatic carbocycles. The van der Waals surface area contributed by atoms with Crippen molar-refractivity contribution >= 4 is 22.5 Å². The molecule has 0 saturated carbocycles. The van der Waals surface area contributed by atoms with E-state index in [-0.39, 0.29) is 5.91 Å². The van der Waals surface area contributed by atoms with Crippen LogP contribution in [0, 0.1) is 0 Å². The summed E-state index contributed by atoms with van der Waals surface area (Å²) in [6.07, 6.45) is 0.406. The average molecular weight is 439 g/mol. The van der Waals surface area contributed by atoms with Gasteiger partial charge in [-0.05, 0) is 40.6 Å². The second-order valence-electron chi connectivity index (χ2n) is 8.20. The minimum Gasteiger partial charge on any atom is -0.497 e. The summed E-state index contributed by atoms with van der Waals surface area (Å²) >= 11 is 0. The van der Waals surface area contributed by atoms with Gasteiger partial charge in [0.2, 0.25) is 5.91 Å². The van der Waals surface area contributed by atoms with E-state index in [4.69, 9.17) is 4.74 Å². The lowest BCUT2D eigenvalue weighted by molar-refractivity contribution is -0.130. The monoisotopic (exact) mass is 438 g/mol. The van der Waals surface area contributed by atoms with Crippen LogP contribution in [0.2, 0.25) is 0 Å². The van der Waals surface area contributed by atoms with Gasteiger partial charge in [-0.15, -0.1) is 10.2 Å². The van der Waals surface area contributed by atoms with E-state index in [2.05, 4.69) is 45.4 Å². The number of benzene rings is 3. The predicted octanol–water partition coefficient (Wildman–Crippen LogP) is 4.20. The summed E-state index contributed by atoms with van der Waals surface area (Å²) in [7, 11) is 1.64. The van der Waals surface area contributed by atoms with Crippen LogP contribution in [0.25, 0.3) is 22.0 Å². The highest BCUT2D eigenvalue weighted by Gasteiger charge is 2.22. The summed E-state index contributed by atoms with van der Waals surface area (Å²) in [5.41, 5.74) is 2.95. The lowest BCUT2D eigenvalue weighted by Crippen LogP contribution is -2.49. The molecule has 5 rings (SSSR count). The van der Waals surface area contributed by atoms with Crippen LogP contribution >= 0.6 is 0 Å². The van der Waals surface area contributed by atoms with Crippen LogP contribution < -0.4 is 9.64 Å². The zero-order valence-corrected chi connectivity index (χ0v) is 18.6. The van der Waals surface area contributed by atoms with Crippen molar-refractivity contribution in [2.45, 2.75) is 6.42 Å². The third-order valence-electron chi connectivity index (χ3n) is 6.19. The summed E-state index contributed by atoms with van der Waals surface area (Å²) in [6.45, 7) is 2.86. The van der Waals surface area contributed by atoms with Crippen LogP contribution in [0.3, 0.4) is 0 Å². The minimum atomic E-state index is 0.150. The molecule has 2 heterocycles. The summed E-state index contributed by atoms with van der Waals surface area (Å²) in [5, 5.41) is 11.4. The van der Waals surface area contributed by atoms with Gasteiger partial charge in [-0.2, -0.15) is 0 Å². The molecule has 4 aromatic rings. The number of nitrogens with zero attached hydrogens (tertiary/aromatic N) is 4. The van der Waals surface area contributed by atoms with Crippen LogP contribution in [-0.2, 0) is 11.2 Å².